The summed E-state index contributed by atoms with van der Waals surface area (Å²) in [5.41, 5.74) is 2.25. The van der Waals surface area contributed by atoms with E-state index in [2.05, 4.69) is 50.3 Å². The molecule has 88 valence electrons. The van der Waals surface area contributed by atoms with Crippen molar-refractivity contribution in [1.82, 2.24) is 15.3 Å². The second-order valence-electron chi connectivity index (χ2n) is 3.82. The molecular weight excluding hydrogens is 278 g/mol. The van der Waals surface area contributed by atoms with Crippen molar-refractivity contribution in [2.75, 3.05) is 0 Å². The number of aromatic nitrogens is 2. The third-order valence-corrected chi connectivity index (χ3v) is 3.33. The Hall–Kier alpha value is -1.26. The second-order valence-corrected chi connectivity index (χ2v) is 4.68. The van der Waals surface area contributed by atoms with Gasteiger partial charge in [-0.05, 0) is 24.6 Å². The molecule has 0 amide bonds. The summed E-state index contributed by atoms with van der Waals surface area (Å²) >= 11 is 3.56. The molecule has 1 aromatic heterocycles. The van der Waals surface area contributed by atoms with E-state index in [0.29, 0.717) is 0 Å². The van der Waals surface area contributed by atoms with Gasteiger partial charge in [0.2, 0.25) is 0 Å². The fourth-order valence-electron chi connectivity index (χ4n) is 1.62. The van der Waals surface area contributed by atoms with Gasteiger partial charge >= 0.3 is 0 Å². The van der Waals surface area contributed by atoms with Crippen LogP contribution in [0.15, 0.2) is 47.3 Å². The summed E-state index contributed by atoms with van der Waals surface area (Å²) in [5, 5.41) is 3.44. The molecule has 0 bridgehead atoms. The number of nitrogens with one attached hydrogen (secondary N) is 1. The van der Waals surface area contributed by atoms with Crippen molar-refractivity contribution < 1.29 is 0 Å². The van der Waals surface area contributed by atoms with Crippen molar-refractivity contribution in [2.45, 2.75) is 19.5 Å². The Balaban J connectivity index is 1.99. The molecule has 1 N–H and O–H groups in total. The SMILES string of the molecule is C[C@H](NCc1ccncn1)c1ccccc1Br. The predicted molar refractivity (Wildman–Crippen MR) is 71.4 cm³/mol. The number of halogens is 1. The molecule has 3 nitrogen and oxygen atoms in total. The molecule has 0 spiro atoms. The van der Waals surface area contributed by atoms with Crippen molar-refractivity contribution >= 4 is 15.9 Å². The van der Waals surface area contributed by atoms with E-state index in [-0.39, 0.29) is 6.04 Å². The molecule has 0 fully saturated rings. The summed E-state index contributed by atoms with van der Waals surface area (Å²) < 4.78 is 1.13. The number of hydrogen-bond donors (Lipinski definition) is 1. The molecule has 1 atom stereocenters. The van der Waals surface area contributed by atoms with Gasteiger partial charge in [0.25, 0.3) is 0 Å². The first-order valence-electron chi connectivity index (χ1n) is 5.50. The monoisotopic (exact) mass is 291 g/mol. The third-order valence-electron chi connectivity index (χ3n) is 2.60. The summed E-state index contributed by atoms with van der Waals surface area (Å²) in [4.78, 5) is 8.08. The average Bonchev–Trinajstić information content (AvgIpc) is 2.38. The van der Waals surface area contributed by atoms with Crippen LogP contribution in [0.25, 0.3) is 0 Å². The zero-order valence-corrected chi connectivity index (χ0v) is 11.2. The van der Waals surface area contributed by atoms with E-state index in [1.807, 2.05) is 18.2 Å². The molecular formula is C13H14BrN3. The zero-order valence-electron chi connectivity index (χ0n) is 9.60. The number of hydrogen-bond acceptors (Lipinski definition) is 3. The maximum Gasteiger partial charge on any atom is 0.115 e. The second kappa shape index (κ2) is 5.89. The number of nitrogens with zero attached hydrogens (tertiary/aromatic N) is 2. The first kappa shape index (κ1) is 12.2. The van der Waals surface area contributed by atoms with E-state index in [0.717, 1.165) is 16.7 Å². The first-order valence-corrected chi connectivity index (χ1v) is 6.29. The molecule has 1 aromatic carbocycles. The Morgan fingerprint density at radius 1 is 1.29 bits per heavy atom. The van der Waals surface area contributed by atoms with Crippen molar-refractivity contribution in [3.8, 4) is 0 Å². The highest BCUT2D eigenvalue weighted by atomic mass is 79.9. The lowest BCUT2D eigenvalue weighted by molar-refractivity contribution is 0.565. The Bertz CT molecular complexity index is 473. The van der Waals surface area contributed by atoms with Gasteiger partial charge < -0.3 is 5.32 Å². The molecule has 2 rings (SSSR count). The molecule has 2 aromatic rings. The quantitative estimate of drug-likeness (QED) is 0.941. The van der Waals surface area contributed by atoms with Crippen LogP contribution in [0.3, 0.4) is 0 Å². The molecule has 17 heavy (non-hydrogen) atoms. The Labute approximate surface area is 109 Å². The molecule has 0 aliphatic heterocycles. The maximum absolute atomic E-state index is 4.18. The summed E-state index contributed by atoms with van der Waals surface area (Å²) in [6, 6.07) is 10.4. The molecule has 0 saturated heterocycles. The predicted octanol–water partition coefficient (Wildman–Crippen LogP) is 3.09. The van der Waals surface area contributed by atoms with Gasteiger partial charge in [-0.25, -0.2) is 9.97 Å². The smallest absolute Gasteiger partial charge is 0.115 e. The van der Waals surface area contributed by atoms with Crippen LogP contribution >= 0.6 is 15.9 Å². The van der Waals surface area contributed by atoms with Gasteiger partial charge in [-0.2, -0.15) is 0 Å². The molecule has 4 heteroatoms. The Morgan fingerprint density at radius 3 is 2.82 bits per heavy atom. The summed E-state index contributed by atoms with van der Waals surface area (Å²) in [6.45, 7) is 2.88. The summed E-state index contributed by atoms with van der Waals surface area (Å²) in [5.74, 6) is 0. The van der Waals surface area contributed by atoms with Crippen LogP contribution in [0.4, 0.5) is 0 Å². The van der Waals surface area contributed by atoms with Gasteiger partial charge in [0.15, 0.2) is 0 Å². The van der Waals surface area contributed by atoms with Gasteiger partial charge in [0, 0.05) is 23.3 Å². The topological polar surface area (TPSA) is 37.8 Å². The fraction of sp³-hybridized carbons (Fsp3) is 0.231. The molecule has 0 unspecified atom stereocenters. The Morgan fingerprint density at radius 2 is 2.12 bits per heavy atom. The first-order chi connectivity index (χ1) is 8.27. The fourth-order valence-corrected chi connectivity index (χ4v) is 2.24. The van der Waals surface area contributed by atoms with E-state index in [1.54, 1.807) is 12.5 Å². The average molecular weight is 292 g/mol. The van der Waals surface area contributed by atoms with Crippen molar-refractivity contribution in [1.29, 1.82) is 0 Å². The molecule has 0 radical (unpaired) electrons. The normalized spacial score (nSPS) is 12.4. The van der Waals surface area contributed by atoms with Gasteiger partial charge in [0.1, 0.15) is 6.33 Å². The Kier molecular flexibility index (Phi) is 4.23. The minimum Gasteiger partial charge on any atom is -0.305 e. The maximum atomic E-state index is 4.18. The standard InChI is InChI=1S/C13H14BrN3/c1-10(12-4-2-3-5-13(12)14)16-8-11-6-7-15-9-17-11/h2-7,9-10,16H,8H2,1H3/t10-/m0/s1. The molecule has 0 saturated carbocycles. The van der Waals surface area contributed by atoms with Gasteiger partial charge in [0.05, 0.1) is 5.69 Å². The van der Waals surface area contributed by atoms with Crippen molar-refractivity contribution in [3.63, 3.8) is 0 Å². The molecule has 1 heterocycles. The van der Waals surface area contributed by atoms with Crippen molar-refractivity contribution in [2.24, 2.45) is 0 Å². The van der Waals surface area contributed by atoms with Crippen LogP contribution in [-0.2, 0) is 6.54 Å². The van der Waals surface area contributed by atoms with E-state index in [9.17, 15) is 0 Å². The van der Waals surface area contributed by atoms with E-state index >= 15 is 0 Å². The van der Waals surface area contributed by atoms with Crippen LogP contribution in [-0.4, -0.2) is 9.97 Å². The lowest BCUT2D eigenvalue weighted by atomic mass is 10.1. The third kappa shape index (κ3) is 3.35. The lowest BCUT2D eigenvalue weighted by Crippen LogP contribution is -2.19. The van der Waals surface area contributed by atoms with E-state index in [1.165, 1.54) is 5.56 Å². The minimum absolute atomic E-state index is 0.278. The van der Waals surface area contributed by atoms with Gasteiger partial charge in [-0.1, -0.05) is 34.1 Å². The van der Waals surface area contributed by atoms with Crippen LogP contribution in [0.5, 0.6) is 0 Å². The number of rotatable bonds is 4. The number of benzene rings is 1. The highest BCUT2D eigenvalue weighted by Crippen LogP contribution is 2.22. The largest absolute Gasteiger partial charge is 0.305 e. The lowest BCUT2D eigenvalue weighted by Gasteiger charge is -2.15. The van der Waals surface area contributed by atoms with Gasteiger partial charge in [-0.3, -0.25) is 0 Å². The zero-order chi connectivity index (χ0) is 12.1. The van der Waals surface area contributed by atoms with E-state index < -0.39 is 0 Å². The van der Waals surface area contributed by atoms with Crippen LogP contribution in [0.1, 0.15) is 24.2 Å². The van der Waals surface area contributed by atoms with Crippen LogP contribution in [0, 0.1) is 0 Å². The summed E-state index contributed by atoms with van der Waals surface area (Å²) in [7, 11) is 0. The van der Waals surface area contributed by atoms with Crippen LogP contribution < -0.4 is 5.32 Å². The van der Waals surface area contributed by atoms with Crippen LogP contribution in [0.2, 0.25) is 0 Å². The summed E-state index contributed by atoms with van der Waals surface area (Å²) in [6.07, 6.45) is 3.33. The minimum atomic E-state index is 0.278. The van der Waals surface area contributed by atoms with Gasteiger partial charge in [-0.15, -0.1) is 0 Å². The highest BCUT2D eigenvalue weighted by Gasteiger charge is 2.07. The highest BCUT2D eigenvalue weighted by molar-refractivity contribution is 9.10. The van der Waals surface area contributed by atoms with Crippen molar-refractivity contribution in [3.05, 3.63) is 58.6 Å². The van der Waals surface area contributed by atoms with E-state index in [4.69, 9.17) is 0 Å². The molecule has 0 aliphatic carbocycles. The molecule has 0 aliphatic rings.